The van der Waals surface area contributed by atoms with Crippen LogP contribution in [-0.4, -0.2) is 29.6 Å². The summed E-state index contributed by atoms with van der Waals surface area (Å²) in [6, 6.07) is 20.0. The van der Waals surface area contributed by atoms with Gasteiger partial charge in [0.2, 0.25) is 0 Å². The van der Waals surface area contributed by atoms with Crippen LogP contribution in [0.2, 0.25) is 0 Å². The van der Waals surface area contributed by atoms with Gasteiger partial charge in [-0.3, -0.25) is 4.79 Å². The molecular formula is C22H18N2O5. The van der Waals surface area contributed by atoms with E-state index in [-0.39, 0.29) is 19.0 Å². The Morgan fingerprint density at radius 2 is 1.79 bits per heavy atom. The lowest BCUT2D eigenvalue weighted by Crippen LogP contribution is -2.43. The van der Waals surface area contributed by atoms with Gasteiger partial charge in [0, 0.05) is 5.56 Å². The maximum absolute atomic E-state index is 12.4. The molecule has 1 unspecified atom stereocenters. The molecule has 0 aliphatic rings. The quantitative estimate of drug-likeness (QED) is 0.611. The molecule has 3 rings (SSSR count). The lowest BCUT2D eigenvalue weighted by molar-refractivity contribution is -0.141. The number of nitrogens with one attached hydrogen (secondary N) is 1. The Balaban J connectivity index is 1.64. The van der Waals surface area contributed by atoms with Crippen LogP contribution in [-0.2, 0) is 16.1 Å². The number of hydrogen-bond donors (Lipinski definition) is 2. The van der Waals surface area contributed by atoms with Crippen molar-refractivity contribution in [3.8, 4) is 17.4 Å². The van der Waals surface area contributed by atoms with Gasteiger partial charge in [-0.15, -0.1) is 0 Å². The van der Waals surface area contributed by atoms with Crippen molar-refractivity contribution in [2.24, 2.45) is 0 Å². The van der Waals surface area contributed by atoms with Crippen LogP contribution in [0.5, 0.6) is 0 Å². The summed E-state index contributed by atoms with van der Waals surface area (Å²) in [4.78, 5) is 23.9. The van der Waals surface area contributed by atoms with Gasteiger partial charge in [-0.1, -0.05) is 42.5 Å². The molecule has 1 atom stereocenters. The predicted molar refractivity (Wildman–Crippen MR) is 104 cm³/mol. The van der Waals surface area contributed by atoms with E-state index in [0.717, 1.165) is 5.56 Å². The summed E-state index contributed by atoms with van der Waals surface area (Å²) in [7, 11) is 0. The number of nitriles is 1. The SMILES string of the molecule is N#Cc1ccccc1-c1ccc(C(=O)NC(COCc2ccccc2)C(=O)O)o1. The van der Waals surface area contributed by atoms with Crippen LogP contribution in [0.15, 0.2) is 71.1 Å². The summed E-state index contributed by atoms with van der Waals surface area (Å²) in [5, 5.41) is 20.9. The minimum absolute atomic E-state index is 0.0537. The average molecular weight is 390 g/mol. The lowest BCUT2D eigenvalue weighted by atomic mass is 10.1. The molecule has 0 aliphatic carbocycles. The minimum atomic E-state index is -1.23. The van der Waals surface area contributed by atoms with Gasteiger partial charge < -0.3 is 19.6 Å². The number of carbonyl (C=O) groups excluding carboxylic acids is 1. The van der Waals surface area contributed by atoms with E-state index < -0.39 is 17.9 Å². The van der Waals surface area contributed by atoms with Gasteiger partial charge in [-0.25, -0.2) is 4.79 Å². The molecule has 3 aromatic rings. The van der Waals surface area contributed by atoms with Crippen molar-refractivity contribution >= 4 is 11.9 Å². The molecule has 7 nitrogen and oxygen atoms in total. The van der Waals surface area contributed by atoms with E-state index in [9.17, 15) is 20.0 Å². The number of benzene rings is 2. The second-order valence-corrected chi connectivity index (χ2v) is 6.19. The van der Waals surface area contributed by atoms with Crippen molar-refractivity contribution < 1.29 is 23.8 Å². The summed E-state index contributed by atoms with van der Waals surface area (Å²) in [6.07, 6.45) is 0. The van der Waals surface area contributed by atoms with Crippen LogP contribution < -0.4 is 5.32 Å². The zero-order chi connectivity index (χ0) is 20.6. The zero-order valence-electron chi connectivity index (χ0n) is 15.4. The van der Waals surface area contributed by atoms with Gasteiger partial charge in [0.15, 0.2) is 11.8 Å². The van der Waals surface area contributed by atoms with Gasteiger partial charge in [0.05, 0.1) is 24.8 Å². The zero-order valence-corrected chi connectivity index (χ0v) is 15.4. The van der Waals surface area contributed by atoms with Crippen LogP contribution >= 0.6 is 0 Å². The fourth-order valence-corrected chi connectivity index (χ4v) is 2.67. The second-order valence-electron chi connectivity index (χ2n) is 6.19. The highest BCUT2D eigenvalue weighted by molar-refractivity contribution is 5.94. The topological polar surface area (TPSA) is 113 Å². The number of carboxylic acids is 1. The third kappa shape index (κ3) is 5.09. The van der Waals surface area contributed by atoms with Gasteiger partial charge in [-0.05, 0) is 29.8 Å². The molecule has 146 valence electrons. The van der Waals surface area contributed by atoms with Gasteiger partial charge in [-0.2, -0.15) is 5.26 Å². The molecule has 7 heteroatoms. The molecule has 0 saturated heterocycles. The van der Waals surface area contributed by atoms with Gasteiger partial charge >= 0.3 is 5.97 Å². The van der Waals surface area contributed by atoms with E-state index in [0.29, 0.717) is 16.9 Å². The molecule has 1 aromatic heterocycles. The van der Waals surface area contributed by atoms with Crippen LogP contribution in [0.1, 0.15) is 21.7 Å². The first-order valence-electron chi connectivity index (χ1n) is 8.83. The Kier molecular flexibility index (Phi) is 6.40. The molecule has 1 heterocycles. The largest absolute Gasteiger partial charge is 0.480 e. The van der Waals surface area contributed by atoms with Crippen molar-refractivity contribution in [3.63, 3.8) is 0 Å². The van der Waals surface area contributed by atoms with E-state index in [1.54, 1.807) is 30.3 Å². The maximum atomic E-state index is 12.4. The summed E-state index contributed by atoms with van der Waals surface area (Å²) < 4.78 is 11.0. The normalized spacial score (nSPS) is 11.4. The Morgan fingerprint density at radius 3 is 2.52 bits per heavy atom. The smallest absolute Gasteiger partial charge is 0.328 e. The molecule has 0 spiro atoms. The molecule has 1 amide bonds. The first-order chi connectivity index (χ1) is 14.1. The van der Waals surface area contributed by atoms with Crippen LogP contribution in [0, 0.1) is 11.3 Å². The number of ether oxygens (including phenoxy) is 1. The van der Waals surface area contributed by atoms with Crippen molar-refractivity contribution in [1.29, 1.82) is 5.26 Å². The number of furan rings is 1. The van der Waals surface area contributed by atoms with E-state index in [1.165, 1.54) is 6.07 Å². The van der Waals surface area contributed by atoms with Gasteiger partial charge in [0.25, 0.3) is 5.91 Å². The Morgan fingerprint density at radius 1 is 1.07 bits per heavy atom. The Bertz CT molecular complexity index is 1040. The third-order valence-electron chi connectivity index (χ3n) is 4.14. The van der Waals surface area contributed by atoms with E-state index in [1.807, 2.05) is 30.3 Å². The highest BCUT2D eigenvalue weighted by atomic mass is 16.5. The van der Waals surface area contributed by atoms with Gasteiger partial charge in [0.1, 0.15) is 5.76 Å². The number of nitrogens with zero attached hydrogens (tertiary/aromatic N) is 1. The molecular weight excluding hydrogens is 372 g/mol. The maximum Gasteiger partial charge on any atom is 0.328 e. The molecule has 2 aromatic carbocycles. The molecule has 0 bridgehead atoms. The lowest BCUT2D eigenvalue weighted by Gasteiger charge is -2.14. The summed E-state index contributed by atoms with van der Waals surface area (Å²) in [6.45, 7) is 0.0388. The molecule has 29 heavy (non-hydrogen) atoms. The highest BCUT2D eigenvalue weighted by Crippen LogP contribution is 2.25. The Hall–Kier alpha value is -3.89. The van der Waals surface area contributed by atoms with Crippen molar-refractivity contribution in [2.75, 3.05) is 6.61 Å². The minimum Gasteiger partial charge on any atom is -0.480 e. The number of hydrogen-bond acceptors (Lipinski definition) is 5. The van der Waals surface area contributed by atoms with E-state index in [4.69, 9.17) is 9.15 Å². The number of aliphatic carboxylic acids is 1. The molecule has 0 fully saturated rings. The predicted octanol–water partition coefficient (Wildman–Crippen LogP) is 3.22. The second kappa shape index (κ2) is 9.35. The number of carbonyl (C=O) groups is 2. The number of rotatable bonds is 8. The number of carboxylic acid groups (broad SMARTS) is 1. The molecule has 0 aliphatic heterocycles. The fourth-order valence-electron chi connectivity index (χ4n) is 2.67. The third-order valence-corrected chi connectivity index (χ3v) is 4.14. The van der Waals surface area contributed by atoms with Crippen molar-refractivity contribution in [3.05, 3.63) is 83.6 Å². The standard InChI is InChI=1S/C22H18N2O5/c23-12-16-8-4-5-9-17(16)19-10-11-20(29-19)21(25)24-18(22(26)27)14-28-13-15-6-2-1-3-7-15/h1-11,18H,13-14H2,(H,24,25)(H,26,27). The molecule has 0 saturated carbocycles. The van der Waals surface area contributed by atoms with Crippen LogP contribution in [0.25, 0.3) is 11.3 Å². The Labute approximate surface area is 167 Å². The molecule has 0 radical (unpaired) electrons. The van der Waals surface area contributed by atoms with E-state index >= 15 is 0 Å². The summed E-state index contributed by atoms with van der Waals surface area (Å²) >= 11 is 0. The summed E-state index contributed by atoms with van der Waals surface area (Å²) in [5.41, 5.74) is 1.86. The number of amides is 1. The van der Waals surface area contributed by atoms with Crippen molar-refractivity contribution in [1.82, 2.24) is 5.32 Å². The van der Waals surface area contributed by atoms with Crippen LogP contribution in [0.4, 0.5) is 0 Å². The first kappa shape index (κ1) is 19.9. The highest BCUT2D eigenvalue weighted by Gasteiger charge is 2.23. The molecule has 2 N–H and O–H groups in total. The van der Waals surface area contributed by atoms with Crippen molar-refractivity contribution in [2.45, 2.75) is 12.6 Å². The summed E-state index contributed by atoms with van der Waals surface area (Å²) in [5.74, 6) is -1.60. The first-order valence-corrected chi connectivity index (χ1v) is 8.83. The fraction of sp³-hybridized carbons (Fsp3) is 0.136. The van der Waals surface area contributed by atoms with Crippen LogP contribution in [0.3, 0.4) is 0 Å². The monoisotopic (exact) mass is 390 g/mol. The average Bonchev–Trinajstić information content (AvgIpc) is 3.24. The van der Waals surface area contributed by atoms with E-state index in [2.05, 4.69) is 11.4 Å².